The van der Waals surface area contributed by atoms with Crippen molar-refractivity contribution in [3.8, 4) is 11.3 Å². The highest BCUT2D eigenvalue weighted by atomic mass is 35.5. The molecule has 0 unspecified atom stereocenters. The van der Waals surface area contributed by atoms with Crippen molar-refractivity contribution in [1.29, 1.82) is 0 Å². The molecule has 0 radical (unpaired) electrons. The summed E-state index contributed by atoms with van der Waals surface area (Å²) in [6.45, 7) is 0. The minimum atomic E-state index is -0.571. The highest BCUT2D eigenvalue weighted by Gasteiger charge is 2.43. The molecule has 4 aromatic rings. The molecule has 3 N–H and O–H groups in total. The molecule has 9 heteroatoms. The van der Waals surface area contributed by atoms with Crippen molar-refractivity contribution in [3.63, 3.8) is 0 Å². The van der Waals surface area contributed by atoms with Gasteiger partial charge in [-0.15, -0.1) is 10.2 Å². The topological polar surface area (TPSA) is 120 Å². The van der Waals surface area contributed by atoms with E-state index >= 15 is 0 Å². The maximum absolute atomic E-state index is 12.0. The second-order valence-corrected chi connectivity index (χ2v) is 6.91. The lowest BCUT2D eigenvalue weighted by Gasteiger charge is -2.05. The lowest BCUT2D eigenvalue weighted by atomic mass is 10.1. The Balaban J connectivity index is 1.50. The van der Waals surface area contributed by atoms with Crippen LogP contribution in [-0.2, 0) is 0 Å². The van der Waals surface area contributed by atoms with E-state index in [0.29, 0.717) is 10.8 Å². The zero-order valence-electron chi connectivity index (χ0n) is 13.9. The Hall–Kier alpha value is -3.26. The lowest BCUT2D eigenvalue weighted by Crippen LogP contribution is -2.23. The molecule has 27 heavy (non-hydrogen) atoms. The van der Waals surface area contributed by atoms with Gasteiger partial charge in [0.25, 0.3) is 5.56 Å². The van der Waals surface area contributed by atoms with Gasteiger partial charge in [-0.3, -0.25) is 9.78 Å². The molecule has 0 aliphatic heterocycles. The molecule has 2 atom stereocenters. The third kappa shape index (κ3) is 2.74. The van der Waals surface area contributed by atoms with Gasteiger partial charge in [0, 0.05) is 12.1 Å². The molecule has 1 aliphatic carbocycles. The number of nitrogens with zero attached hydrogens (tertiary/aromatic N) is 3. The van der Waals surface area contributed by atoms with Crippen LogP contribution in [0.3, 0.4) is 0 Å². The van der Waals surface area contributed by atoms with E-state index in [2.05, 4.69) is 30.1 Å². The number of para-hydroxylation sites is 2. The lowest BCUT2D eigenvalue weighted by molar-refractivity contribution is 0.915. The van der Waals surface area contributed by atoms with E-state index in [1.807, 2.05) is 24.3 Å². The number of benzene rings is 1. The molecule has 8 nitrogen and oxygen atoms in total. The first-order valence-electron chi connectivity index (χ1n) is 8.40. The van der Waals surface area contributed by atoms with Crippen molar-refractivity contribution in [2.24, 2.45) is 0 Å². The molecule has 1 fully saturated rings. The molecule has 0 saturated heterocycles. The van der Waals surface area contributed by atoms with Crippen LogP contribution in [0, 0.1) is 0 Å². The smallest absolute Gasteiger partial charge is 0.325 e. The molecule has 1 aliphatic rings. The van der Waals surface area contributed by atoms with Gasteiger partial charge in [-0.05, 0) is 36.1 Å². The van der Waals surface area contributed by atoms with Gasteiger partial charge in [-0.1, -0.05) is 23.7 Å². The van der Waals surface area contributed by atoms with Crippen LogP contribution < -0.4 is 11.2 Å². The highest BCUT2D eigenvalue weighted by molar-refractivity contribution is 6.30. The van der Waals surface area contributed by atoms with Crippen molar-refractivity contribution in [3.05, 3.63) is 73.9 Å². The van der Waals surface area contributed by atoms with Gasteiger partial charge in [0.15, 0.2) is 5.15 Å². The van der Waals surface area contributed by atoms with Gasteiger partial charge >= 0.3 is 5.69 Å². The largest absolute Gasteiger partial charge is 0.342 e. The summed E-state index contributed by atoms with van der Waals surface area (Å²) in [5.41, 5.74) is 2.25. The number of fused-ring (bicyclic) bond motifs is 1. The molecule has 0 amide bonds. The van der Waals surface area contributed by atoms with Crippen molar-refractivity contribution in [1.82, 2.24) is 30.1 Å². The normalized spacial score (nSPS) is 18.7. The SMILES string of the molecule is O=c1[nH]cc(-c2cc([C@H]3C[C@@H]3c3nc4ccccc4[nH]3)c(Cl)nn2)c(=O)[nH]1. The fourth-order valence-electron chi connectivity index (χ4n) is 3.37. The minimum absolute atomic E-state index is 0.147. The standard InChI is InChI=1S/C18H13ClN6O2/c19-15-9(6-14(24-25-15)11-7-20-18(27)23-17(11)26)8-5-10(8)16-21-12-3-1-2-4-13(12)22-16/h1-4,6-8,10H,5H2,(H,21,22)(H2,20,23,26,27)/t8-,10+/m1/s1. The van der Waals surface area contributed by atoms with Crippen LogP contribution in [0.15, 0.2) is 46.1 Å². The van der Waals surface area contributed by atoms with E-state index in [1.54, 1.807) is 6.07 Å². The van der Waals surface area contributed by atoms with Crippen LogP contribution in [0.2, 0.25) is 5.15 Å². The van der Waals surface area contributed by atoms with Gasteiger partial charge in [-0.2, -0.15) is 0 Å². The van der Waals surface area contributed by atoms with Crippen molar-refractivity contribution >= 4 is 22.6 Å². The Morgan fingerprint density at radius 2 is 1.93 bits per heavy atom. The summed E-state index contributed by atoms with van der Waals surface area (Å²) in [5, 5.41) is 8.29. The van der Waals surface area contributed by atoms with E-state index in [4.69, 9.17) is 11.6 Å². The number of aromatic amines is 3. The molecule has 1 aromatic carbocycles. The van der Waals surface area contributed by atoms with Crippen LogP contribution in [0.1, 0.15) is 29.6 Å². The fraction of sp³-hybridized carbons (Fsp3) is 0.167. The predicted molar refractivity (Wildman–Crippen MR) is 99.9 cm³/mol. The van der Waals surface area contributed by atoms with E-state index < -0.39 is 11.2 Å². The van der Waals surface area contributed by atoms with Crippen LogP contribution in [0.4, 0.5) is 0 Å². The number of hydrogen-bond acceptors (Lipinski definition) is 5. The van der Waals surface area contributed by atoms with Crippen LogP contribution >= 0.6 is 11.6 Å². The number of nitrogens with one attached hydrogen (secondary N) is 3. The Labute approximate surface area is 156 Å². The third-order valence-corrected chi connectivity index (χ3v) is 5.11. The Bertz CT molecular complexity index is 1260. The first-order valence-corrected chi connectivity index (χ1v) is 8.78. The first-order chi connectivity index (χ1) is 13.1. The van der Waals surface area contributed by atoms with Crippen molar-refractivity contribution in [2.45, 2.75) is 18.3 Å². The molecule has 134 valence electrons. The third-order valence-electron chi connectivity index (χ3n) is 4.82. The van der Waals surface area contributed by atoms with Crippen LogP contribution in [-0.4, -0.2) is 30.1 Å². The average Bonchev–Trinajstić information content (AvgIpc) is 3.33. The fourth-order valence-corrected chi connectivity index (χ4v) is 3.60. The monoisotopic (exact) mass is 380 g/mol. The van der Waals surface area contributed by atoms with Gasteiger partial charge in [0.1, 0.15) is 11.5 Å². The zero-order valence-corrected chi connectivity index (χ0v) is 14.6. The maximum Gasteiger partial charge on any atom is 0.325 e. The molecule has 3 heterocycles. The summed E-state index contributed by atoms with van der Waals surface area (Å²) in [6.07, 6.45) is 2.21. The predicted octanol–water partition coefficient (Wildman–Crippen LogP) is 2.32. The van der Waals surface area contributed by atoms with Crippen LogP contribution in [0.5, 0.6) is 0 Å². The molecule has 0 bridgehead atoms. The quantitative estimate of drug-likeness (QED) is 0.503. The summed E-state index contributed by atoms with van der Waals surface area (Å²) in [7, 11) is 0. The molecule has 3 aromatic heterocycles. The number of aromatic nitrogens is 6. The number of rotatable bonds is 3. The second-order valence-electron chi connectivity index (χ2n) is 6.55. The summed E-state index contributed by atoms with van der Waals surface area (Å²) in [5.74, 6) is 1.27. The average molecular weight is 381 g/mol. The van der Waals surface area contributed by atoms with E-state index in [-0.39, 0.29) is 17.4 Å². The first kappa shape index (κ1) is 16.0. The number of hydrogen-bond donors (Lipinski definition) is 3. The van der Waals surface area contributed by atoms with Gasteiger partial charge in [-0.25, -0.2) is 9.78 Å². The van der Waals surface area contributed by atoms with Crippen LogP contribution in [0.25, 0.3) is 22.3 Å². The number of halogens is 1. The highest BCUT2D eigenvalue weighted by Crippen LogP contribution is 2.55. The van der Waals surface area contributed by atoms with Crippen molar-refractivity contribution < 1.29 is 0 Å². The summed E-state index contributed by atoms with van der Waals surface area (Å²) >= 11 is 6.27. The summed E-state index contributed by atoms with van der Waals surface area (Å²) in [6, 6.07) is 9.63. The molecular formula is C18H13ClN6O2. The molecule has 1 saturated carbocycles. The van der Waals surface area contributed by atoms with Crippen molar-refractivity contribution in [2.75, 3.05) is 0 Å². The zero-order chi connectivity index (χ0) is 18.5. The molecular weight excluding hydrogens is 368 g/mol. The molecule has 5 rings (SSSR count). The Morgan fingerprint density at radius 1 is 1.07 bits per heavy atom. The van der Waals surface area contributed by atoms with Gasteiger partial charge in [0.2, 0.25) is 0 Å². The summed E-state index contributed by atoms with van der Waals surface area (Å²) < 4.78 is 0. The van der Waals surface area contributed by atoms with E-state index in [9.17, 15) is 9.59 Å². The minimum Gasteiger partial charge on any atom is -0.342 e. The van der Waals surface area contributed by atoms with E-state index in [1.165, 1.54) is 6.20 Å². The maximum atomic E-state index is 12.0. The van der Waals surface area contributed by atoms with E-state index in [0.717, 1.165) is 28.8 Å². The Kier molecular flexibility index (Phi) is 3.48. The van der Waals surface area contributed by atoms with Gasteiger partial charge in [0.05, 0.1) is 16.6 Å². The number of H-pyrrole nitrogens is 3. The van der Waals surface area contributed by atoms with Gasteiger partial charge < -0.3 is 9.97 Å². The second kappa shape index (κ2) is 5.88. The Morgan fingerprint density at radius 3 is 2.74 bits per heavy atom. The number of imidazole rings is 1. The summed E-state index contributed by atoms with van der Waals surface area (Å²) in [4.78, 5) is 35.9. The molecule has 0 spiro atoms.